The maximum atomic E-state index is 13.6. The third-order valence-corrected chi connectivity index (χ3v) is 19.3. The largest absolute Gasteiger partial charge is 0.484 e. The van der Waals surface area contributed by atoms with Crippen molar-refractivity contribution in [2.75, 3.05) is 39.6 Å². The number of aryl methyl sites for hydroxylation is 2. The van der Waals surface area contributed by atoms with Crippen molar-refractivity contribution in [3.05, 3.63) is 132 Å². The van der Waals surface area contributed by atoms with Crippen LogP contribution in [0.5, 0.6) is 5.75 Å². The average Bonchev–Trinajstić information content (AvgIpc) is 0.706. The molecule has 0 aliphatic heterocycles. The molecule has 0 saturated carbocycles. The fourth-order valence-electron chi connectivity index (χ4n) is 12.3. The van der Waals surface area contributed by atoms with Gasteiger partial charge in [0.05, 0.1) is 50.5 Å². The van der Waals surface area contributed by atoms with E-state index in [0.717, 1.165) is 61.2 Å². The number of benzene rings is 4. The van der Waals surface area contributed by atoms with Crippen LogP contribution in [-0.4, -0.2) is 74.7 Å². The summed E-state index contributed by atoms with van der Waals surface area (Å²) in [4.78, 5) is 35.1. The molecule has 11 nitrogen and oxygen atoms in total. The van der Waals surface area contributed by atoms with E-state index in [0.29, 0.717) is 28.0 Å². The van der Waals surface area contributed by atoms with Crippen molar-refractivity contribution in [1.82, 2.24) is 0 Å². The number of aliphatic hydroxyl groups excluding tert-OH is 4. The van der Waals surface area contributed by atoms with Gasteiger partial charge in [-0.05, 0) is 135 Å². The highest BCUT2D eigenvalue weighted by Crippen LogP contribution is 2.62. The number of hydrogen-bond donors (Lipinski definition) is 7. The summed E-state index contributed by atoms with van der Waals surface area (Å²) in [6.07, 6.45) is -1.17. The van der Waals surface area contributed by atoms with Crippen LogP contribution in [0.25, 0.3) is 0 Å². The summed E-state index contributed by atoms with van der Waals surface area (Å²) in [6, 6.07) is 17.5. The van der Waals surface area contributed by atoms with Crippen molar-refractivity contribution < 1.29 is 53.4 Å². The molecule has 0 aromatic heterocycles. The minimum Gasteiger partial charge on any atom is -0.484 e. The van der Waals surface area contributed by atoms with E-state index in [4.69, 9.17) is 18.3 Å². The average molecular weight is 1280 g/mol. The van der Waals surface area contributed by atoms with Crippen LogP contribution in [0.15, 0.2) is 48.5 Å². The number of aliphatic hydroxyl groups is 4. The van der Waals surface area contributed by atoms with Gasteiger partial charge in [-0.1, -0.05) is 256 Å². The highest BCUT2D eigenvalue weighted by molar-refractivity contribution is 7.40. The molecule has 7 N–H and O–H groups in total. The first-order chi connectivity index (χ1) is 39.8. The van der Waals surface area contributed by atoms with Gasteiger partial charge in [0.2, 0.25) is 0 Å². The summed E-state index contributed by atoms with van der Waals surface area (Å²) in [5, 5.41) is 50.2. The van der Waals surface area contributed by atoms with Crippen LogP contribution in [-0.2, 0) is 73.3 Å². The first kappa shape index (κ1) is 78.6. The van der Waals surface area contributed by atoms with Gasteiger partial charge in [0.1, 0.15) is 17.5 Å². The molecule has 0 amide bonds. The zero-order valence-electron chi connectivity index (χ0n) is 61.6. The number of hydrogen-bond acceptors (Lipinski definition) is 11. The van der Waals surface area contributed by atoms with Gasteiger partial charge in [-0.15, -0.1) is 0 Å². The summed E-state index contributed by atoms with van der Waals surface area (Å²) in [5.74, 6) is 0.631. The van der Waals surface area contributed by atoms with Gasteiger partial charge in [-0.25, -0.2) is 0 Å². The molecule has 0 aliphatic rings. The predicted octanol–water partition coefficient (Wildman–Crippen LogP) is 17.8. The Labute approximate surface area is 543 Å². The molecule has 13 heteroatoms. The molecule has 2 unspecified atom stereocenters. The van der Waals surface area contributed by atoms with Crippen molar-refractivity contribution >= 4 is 17.2 Å². The fraction of sp³-hybridized carbons (Fsp3) is 0.684. The Morgan fingerprint density at radius 2 is 0.652 bits per heavy atom. The fourth-order valence-corrected chi connectivity index (χ4v) is 13.7. The van der Waals surface area contributed by atoms with E-state index in [1.807, 2.05) is 13.8 Å². The summed E-state index contributed by atoms with van der Waals surface area (Å²) >= 11 is 0. The molecular formula is C76H124O11P2. The van der Waals surface area contributed by atoms with Crippen molar-refractivity contribution in [1.29, 1.82) is 0 Å². The Bertz CT molecular complexity index is 2920. The smallest absolute Gasteiger partial charge is 0.331 e. The molecule has 0 bridgehead atoms. The standard InChI is InChI=1S/C76H124O11P2/c1-47-33-49(64(3,4)5)37-55(70(21,22)23)60(47)76(75(43-79,44-80)46-84-88(81)82,61-48(2)34-50(65(6,7)8)38-56(61)71(24,25)26)87-89(83)85-45-74(41-77,42-78)63(59-53(68(15,16)17)35-51(66(9,10)11)36-54(59)69(18,19)20)86-62-57(72(27,28)29)39-52(67(12,13)14)40-58(62)73(30,31)32/h33-40,63,77-83H,41-46H2,1-32H3. The zero-order chi connectivity index (χ0) is 69.2. The van der Waals surface area contributed by atoms with Crippen LogP contribution in [0.4, 0.5) is 0 Å². The molecule has 89 heavy (non-hydrogen) atoms. The molecule has 0 aliphatic carbocycles. The Balaban J connectivity index is 2.43. The normalized spacial score (nSPS) is 15.1. The van der Waals surface area contributed by atoms with Crippen LogP contribution in [0.2, 0.25) is 0 Å². The summed E-state index contributed by atoms with van der Waals surface area (Å²) in [7, 11) is -6.32. The van der Waals surface area contributed by atoms with Gasteiger partial charge in [-0.3, -0.25) is 4.52 Å². The van der Waals surface area contributed by atoms with Crippen LogP contribution in [0.3, 0.4) is 0 Å². The number of ether oxygens (including phenoxy) is 1. The van der Waals surface area contributed by atoms with E-state index in [2.05, 4.69) is 256 Å². The van der Waals surface area contributed by atoms with Crippen LogP contribution in [0, 0.1) is 24.7 Å². The summed E-state index contributed by atoms with van der Waals surface area (Å²) < 4.78 is 28.6. The molecule has 2 atom stereocenters. The van der Waals surface area contributed by atoms with Crippen molar-refractivity contribution in [2.45, 2.75) is 287 Å². The lowest BCUT2D eigenvalue weighted by Crippen LogP contribution is -2.57. The lowest BCUT2D eigenvalue weighted by Gasteiger charge is -2.53. The Hall–Kier alpha value is -2.86. The molecule has 0 radical (unpaired) electrons. The van der Waals surface area contributed by atoms with E-state index >= 15 is 0 Å². The molecule has 0 heterocycles. The second-order valence-electron chi connectivity index (χ2n) is 36.4. The lowest BCUT2D eigenvalue weighted by molar-refractivity contribution is -0.128. The van der Waals surface area contributed by atoms with Crippen LogP contribution < -0.4 is 4.74 Å². The second-order valence-corrected chi connectivity index (χ2v) is 38.1. The lowest BCUT2D eigenvalue weighted by atomic mass is 9.58. The maximum Gasteiger partial charge on any atom is 0.331 e. The monoisotopic (exact) mass is 1270 g/mol. The SMILES string of the molecule is Cc1cc(C(C)(C)C)cc(C(C)(C)C)c1C(OP(O)OCC(CO)(CO)C(Oc1c(C(C)(C)C)cc(C(C)(C)C)cc1C(C)(C)C)c1c(C(C)(C)C)cc(C(C)(C)C)cc1C(C)(C)C)(c1c(C)cc(C(C)(C)C)cc1C(C)(C)C)C(CO)(CO)COP(O)O. The van der Waals surface area contributed by atoms with Crippen molar-refractivity contribution in [2.24, 2.45) is 10.8 Å². The van der Waals surface area contributed by atoms with Gasteiger partial charge < -0.3 is 48.9 Å². The Kier molecular flexibility index (Phi) is 23.6. The predicted molar refractivity (Wildman–Crippen MR) is 373 cm³/mol. The minimum atomic E-state index is -3.25. The first-order valence-electron chi connectivity index (χ1n) is 32.2. The molecule has 0 fully saturated rings. The van der Waals surface area contributed by atoms with Gasteiger partial charge in [-0.2, -0.15) is 0 Å². The Morgan fingerprint density at radius 1 is 0.360 bits per heavy atom. The third kappa shape index (κ3) is 17.2. The molecule has 0 saturated heterocycles. The molecule has 4 aromatic rings. The van der Waals surface area contributed by atoms with E-state index in [9.17, 15) is 35.1 Å². The quantitative estimate of drug-likeness (QED) is 0.0445. The minimum absolute atomic E-state index is 0.239. The Morgan fingerprint density at radius 3 is 0.921 bits per heavy atom. The van der Waals surface area contributed by atoms with Crippen molar-refractivity contribution in [3.63, 3.8) is 0 Å². The van der Waals surface area contributed by atoms with E-state index in [-0.39, 0.29) is 21.7 Å². The maximum absolute atomic E-state index is 13.6. The molecule has 0 spiro atoms. The molecule has 504 valence electrons. The summed E-state index contributed by atoms with van der Waals surface area (Å²) in [5.41, 5.74) is 2.43. The van der Waals surface area contributed by atoms with Gasteiger partial charge >= 0.3 is 17.2 Å². The van der Waals surface area contributed by atoms with Gasteiger partial charge in [0, 0.05) is 16.7 Å². The zero-order valence-corrected chi connectivity index (χ0v) is 63.4. The highest BCUT2D eigenvalue weighted by Gasteiger charge is 2.61. The van der Waals surface area contributed by atoms with E-state index in [1.165, 1.54) is 0 Å². The van der Waals surface area contributed by atoms with E-state index < -0.39 is 112 Å². The van der Waals surface area contributed by atoms with Crippen molar-refractivity contribution in [3.8, 4) is 5.75 Å². The summed E-state index contributed by atoms with van der Waals surface area (Å²) in [6.45, 7) is 64.5. The second kappa shape index (κ2) is 26.7. The molecule has 4 aromatic carbocycles. The van der Waals surface area contributed by atoms with E-state index in [1.54, 1.807) is 0 Å². The third-order valence-electron chi connectivity index (χ3n) is 18.1. The van der Waals surface area contributed by atoms with Gasteiger partial charge in [0.25, 0.3) is 0 Å². The molecular weight excluding hydrogens is 1150 g/mol. The van der Waals surface area contributed by atoms with Gasteiger partial charge in [0.15, 0.2) is 0 Å². The topological polar surface area (TPSA) is 179 Å². The number of rotatable bonds is 19. The van der Waals surface area contributed by atoms with Crippen LogP contribution >= 0.6 is 17.2 Å². The first-order valence-corrected chi connectivity index (χ1v) is 34.5. The molecule has 4 rings (SSSR count). The highest BCUT2D eigenvalue weighted by atomic mass is 31.2. The van der Waals surface area contributed by atoms with Crippen LogP contribution in [0.1, 0.15) is 297 Å².